The molecule has 1 fully saturated rings. The zero-order valence-electron chi connectivity index (χ0n) is 12.4. The average molecular weight is 276 g/mol. The van der Waals surface area contributed by atoms with Crippen LogP contribution in [0.2, 0.25) is 0 Å². The van der Waals surface area contributed by atoms with E-state index in [9.17, 15) is 4.79 Å². The molecule has 1 amide bonds. The monoisotopic (exact) mass is 276 g/mol. The van der Waals surface area contributed by atoms with Crippen LogP contribution in [-0.4, -0.2) is 42.0 Å². The summed E-state index contributed by atoms with van der Waals surface area (Å²) < 4.78 is 0. The van der Waals surface area contributed by atoms with Crippen LogP contribution in [-0.2, 0) is 0 Å². The van der Waals surface area contributed by atoms with Crippen molar-refractivity contribution in [3.8, 4) is 0 Å². The van der Waals surface area contributed by atoms with Gasteiger partial charge in [0.05, 0.1) is 11.9 Å². The van der Waals surface area contributed by atoms with E-state index in [2.05, 4.69) is 29.3 Å². The van der Waals surface area contributed by atoms with E-state index in [4.69, 9.17) is 5.73 Å². The third kappa shape index (κ3) is 3.28. The number of pyridine rings is 1. The van der Waals surface area contributed by atoms with Crippen LogP contribution in [0.4, 0.5) is 5.69 Å². The van der Waals surface area contributed by atoms with Crippen molar-refractivity contribution in [2.75, 3.05) is 26.4 Å². The first-order chi connectivity index (χ1) is 9.53. The Kier molecular flexibility index (Phi) is 4.60. The first-order valence-electron chi connectivity index (χ1n) is 7.21. The zero-order valence-corrected chi connectivity index (χ0v) is 12.4. The molecule has 0 unspecified atom stereocenters. The highest BCUT2D eigenvalue weighted by Gasteiger charge is 2.34. The second kappa shape index (κ2) is 6.22. The summed E-state index contributed by atoms with van der Waals surface area (Å²) in [5.41, 5.74) is 6.65. The Bertz CT molecular complexity index is 449. The van der Waals surface area contributed by atoms with Gasteiger partial charge in [-0.25, -0.2) is 4.98 Å². The first kappa shape index (κ1) is 14.8. The van der Waals surface area contributed by atoms with Crippen LogP contribution < -0.4 is 11.1 Å². The van der Waals surface area contributed by atoms with E-state index in [1.54, 1.807) is 12.1 Å². The van der Waals surface area contributed by atoms with Crippen LogP contribution >= 0.6 is 0 Å². The van der Waals surface area contributed by atoms with E-state index in [-0.39, 0.29) is 11.4 Å². The minimum absolute atomic E-state index is 0.0850. The molecule has 0 radical (unpaired) electrons. The maximum absolute atomic E-state index is 12.1. The van der Waals surface area contributed by atoms with E-state index < -0.39 is 0 Å². The Balaban J connectivity index is 1.98. The van der Waals surface area contributed by atoms with E-state index in [1.165, 1.54) is 25.5 Å². The summed E-state index contributed by atoms with van der Waals surface area (Å²) in [5, 5.41) is 3.03. The maximum Gasteiger partial charge on any atom is 0.269 e. The van der Waals surface area contributed by atoms with Gasteiger partial charge in [0.25, 0.3) is 5.91 Å². The third-order valence-electron chi connectivity index (χ3n) is 4.33. The highest BCUT2D eigenvalue weighted by molar-refractivity contribution is 5.92. The molecular formula is C15H24N4O. The molecule has 0 atom stereocenters. The number of nitrogen functional groups attached to an aromatic ring is 1. The quantitative estimate of drug-likeness (QED) is 0.877. The molecule has 1 saturated carbocycles. The minimum atomic E-state index is -0.128. The van der Waals surface area contributed by atoms with Crippen LogP contribution in [0.3, 0.4) is 0 Å². The standard InChI is InChI=1S/C15H24N4O/c1-19(2)15(8-4-3-5-9-15)11-18-14(20)13-7-6-12(16)10-17-13/h6-7,10H,3-5,8-9,11,16H2,1-2H3,(H,18,20). The SMILES string of the molecule is CN(C)C1(CNC(=O)c2ccc(N)cn2)CCCCC1. The molecule has 0 saturated heterocycles. The Morgan fingerprint density at radius 2 is 2.05 bits per heavy atom. The number of nitrogens with one attached hydrogen (secondary N) is 1. The molecule has 0 aromatic carbocycles. The fourth-order valence-electron chi connectivity index (χ4n) is 2.87. The second-order valence-corrected chi connectivity index (χ2v) is 5.84. The van der Waals surface area contributed by atoms with Gasteiger partial charge < -0.3 is 16.0 Å². The van der Waals surface area contributed by atoms with Crippen molar-refractivity contribution in [3.05, 3.63) is 24.0 Å². The smallest absolute Gasteiger partial charge is 0.269 e. The van der Waals surface area contributed by atoms with E-state index in [1.807, 2.05) is 0 Å². The number of nitrogens with zero attached hydrogens (tertiary/aromatic N) is 2. The lowest BCUT2D eigenvalue weighted by Gasteiger charge is -2.43. The lowest BCUT2D eigenvalue weighted by molar-refractivity contribution is 0.0796. The number of likely N-dealkylation sites (N-methyl/N-ethyl adjacent to an activating group) is 1. The molecule has 3 N–H and O–H groups in total. The van der Waals surface area contributed by atoms with Gasteiger partial charge in [-0.3, -0.25) is 4.79 Å². The molecule has 1 aliphatic rings. The van der Waals surface area contributed by atoms with Crippen LogP contribution in [0.5, 0.6) is 0 Å². The summed E-state index contributed by atoms with van der Waals surface area (Å²) in [6.07, 6.45) is 7.54. The van der Waals surface area contributed by atoms with Gasteiger partial charge in [-0.15, -0.1) is 0 Å². The summed E-state index contributed by atoms with van der Waals surface area (Å²) in [6, 6.07) is 3.36. The number of carbonyl (C=O) groups excluding carboxylic acids is 1. The third-order valence-corrected chi connectivity index (χ3v) is 4.33. The molecule has 0 bridgehead atoms. The number of anilines is 1. The Labute approximate surface area is 120 Å². The van der Waals surface area contributed by atoms with E-state index >= 15 is 0 Å². The highest BCUT2D eigenvalue weighted by Crippen LogP contribution is 2.31. The van der Waals surface area contributed by atoms with Crippen LogP contribution in [0.15, 0.2) is 18.3 Å². The molecule has 5 nitrogen and oxygen atoms in total. The highest BCUT2D eigenvalue weighted by atomic mass is 16.1. The molecule has 20 heavy (non-hydrogen) atoms. The lowest BCUT2D eigenvalue weighted by atomic mass is 9.80. The van der Waals surface area contributed by atoms with Crippen molar-refractivity contribution in [3.63, 3.8) is 0 Å². The number of aromatic nitrogens is 1. The van der Waals surface area contributed by atoms with Crippen LogP contribution in [0.1, 0.15) is 42.6 Å². The molecule has 2 rings (SSSR count). The van der Waals surface area contributed by atoms with Gasteiger partial charge in [-0.1, -0.05) is 19.3 Å². The molecule has 1 aliphatic carbocycles. The Morgan fingerprint density at radius 3 is 2.60 bits per heavy atom. The molecule has 0 spiro atoms. The van der Waals surface area contributed by atoms with Gasteiger partial charge in [-0.2, -0.15) is 0 Å². The number of carbonyl (C=O) groups is 1. The van der Waals surface area contributed by atoms with Crippen molar-refractivity contribution < 1.29 is 4.79 Å². The molecule has 5 heteroatoms. The van der Waals surface area contributed by atoms with Gasteiger partial charge in [0.15, 0.2) is 0 Å². The van der Waals surface area contributed by atoms with E-state index in [0.717, 1.165) is 12.8 Å². The summed E-state index contributed by atoms with van der Waals surface area (Å²) >= 11 is 0. The van der Waals surface area contributed by atoms with Gasteiger partial charge in [0.1, 0.15) is 5.69 Å². The zero-order chi connectivity index (χ0) is 14.6. The molecule has 110 valence electrons. The molecule has 1 heterocycles. The number of hydrogen-bond donors (Lipinski definition) is 2. The number of amides is 1. The summed E-state index contributed by atoms with van der Waals surface area (Å²) in [7, 11) is 4.19. The molecule has 1 aromatic heterocycles. The van der Waals surface area contributed by atoms with Gasteiger partial charge in [0.2, 0.25) is 0 Å². The summed E-state index contributed by atoms with van der Waals surface area (Å²) in [6.45, 7) is 0.672. The first-order valence-corrected chi connectivity index (χ1v) is 7.21. The van der Waals surface area contributed by atoms with Crippen molar-refractivity contribution in [1.82, 2.24) is 15.2 Å². The lowest BCUT2D eigenvalue weighted by Crippen LogP contribution is -2.53. The second-order valence-electron chi connectivity index (χ2n) is 5.84. The Hall–Kier alpha value is -1.62. The maximum atomic E-state index is 12.1. The largest absolute Gasteiger partial charge is 0.397 e. The van der Waals surface area contributed by atoms with Crippen LogP contribution in [0, 0.1) is 0 Å². The van der Waals surface area contributed by atoms with Crippen molar-refractivity contribution in [2.45, 2.75) is 37.6 Å². The summed E-state index contributed by atoms with van der Waals surface area (Å²) in [4.78, 5) is 18.4. The van der Waals surface area contributed by atoms with Gasteiger partial charge in [-0.05, 0) is 39.1 Å². The molecule has 0 aliphatic heterocycles. The van der Waals surface area contributed by atoms with Crippen molar-refractivity contribution in [2.24, 2.45) is 0 Å². The predicted molar refractivity (Wildman–Crippen MR) is 80.5 cm³/mol. The van der Waals surface area contributed by atoms with Gasteiger partial charge in [0, 0.05) is 12.1 Å². The molecule has 1 aromatic rings. The fourth-order valence-corrected chi connectivity index (χ4v) is 2.87. The van der Waals surface area contributed by atoms with Gasteiger partial charge >= 0.3 is 0 Å². The fraction of sp³-hybridized carbons (Fsp3) is 0.600. The number of hydrogen-bond acceptors (Lipinski definition) is 4. The Morgan fingerprint density at radius 1 is 1.35 bits per heavy atom. The topological polar surface area (TPSA) is 71.2 Å². The molecular weight excluding hydrogens is 252 g/mol. The number of rotatable bonds is 4. The predicted octanol–water partition coefficient (Wildman–Crippen LogP) is 1.66. The average Bonchev–Trinajstić information content (AvgIpc) is 2.46. The normalized spacial score (nSPS) is 17.9. The van der Waals surface area contributed by atoms with Crippen molar-refractivity contribution in [1.29, 1.82) is 0 Å². The summed E-state index contributed by atoms with van der Waals surface area (Å²) in [5.74, 6) is -0.128. The number of nitrogens with two attached hydrogens (primary N) is 1. The van der Waals surface area contributed by atoms with Crippen LogP contribution in [0.25, 0.3) is 0 Å². The van der Waals surface area contributed by atoms with E-state index in [0.29, 0.717) is 17.9 Å². The van der Waals surface area contributed by atoms with Crippen molar-refractivity contribution >= 4 is 11.6 Å². The minimum Gasteiger partial charge on any atom is -0.397 e.